The molecule has 1 aliphatic carbocycles. The molecule has 3 rings (SSSR count). The summed E-state index contributed by atoms with van der Waals surface area (Å²) in [6, 6.07) is 4.00. The van der Waals surface area contributed by atoms with E-state index in [4.69, 9.17) is 0 Å². The number of benzene rings is 1. The van der Waals surface area contributed by atoms with Crippen LogP contribution in [0.15, 0.2) is 47.6 Å². The number of rotatable bonds is 2. The minimum absolute atomic E-state index is 0.341. The van der Waals surface area contributed by atoms with Crippen LogP contribution >= 0.6 is 0 Å². The Bertz CT molecular complexity index is 638. The van der Waals surface area contributed by atoms with Crippen LogP contribution in [0.2, 0.25) is 0 Å². The molecule has 0 amide bonds. The highest BCUT2D eigenvalue weighted by Crippen LogP contribution is 2.44. The first kappa shape index (κ1) is 14.1. The van der Waals surface area contributed by atoms with Crippen molar-refractivity contribution in [1.29, 1.82) is 0 Å². The number of allylic oxidation sites excluding steroid dienone is 3. The number of alkyl halides is 3. The molecule has 110 valence electrons. The average Bonchev–Trinajstić information content (AvgIpc) is 3.16. The maximum atomic E-state index is 12.8. The van der Waals surface area contributed by atoms with Gasteiger partial charge in [0.15, 0.2) is 0 Å². The summed E-state index contributed by atoms with van der Waals surface area (Å²) in [5.41, 5.74) is 1.91. The summed E-state index contributed by atoms with van der Waals surface area (Å²) in [6.07, 6.45) is 5.01. The van der Waals surface area contributed by atoms with Crippen LogP contribution in [0.3, 0.4) is 0 Å². The van der Waals surface area contributed by atoms with E-state index in [0.29, 0.717) is 23.8 Å². The van der Waals surface area contributed by atoms with Gasteiger partial charge in [0.2, 0.25) is 0 Å². The molecular formula is C17H16F3N. The molecule has 2 atom stereocenters. The van der Waals surface area contributed by atoms with Gasteiger partial charge in [-0.1, -0.05) is 25.1 Å². The van der Waals surface area contributed by atoms with Crippen molar-refractivity contribution in [2.75, 3.05) is 0 Å². The summed E-state index contributed by atoms with van der Waals surface area (Å²) >= 11 is 0. The van der Waals surface area contributed by atoms with Crippen LogP contribution in [0.1, 0.15) is 30.0 Å². The average molecular weight is 291 g/mol. The molecule has 0 bridgehead atoms. The van der Waals surface area contributed by atoms with Crippen LogP contribution < -0.4 is 0 Å². The molecule has 2 aliphatic rings. The van der Waals surface area contributed by atoms with Gasteiger partial charge in [0.05, 0.1) is 11.3 Å². The van der Waals surface area contributed by atoms with E-state index >= 15 is 0 Å². The van der Waals surface area contributed by atoms with Gasteiger partial charge >= 0.3 is 6.18 Å². The van der Waals surface area contributed by atoms with Crippen LogP contribution in [0, 0.1) is 11.8 Å². The minimum atomic E-state index is -4.30. The Kier molecular flexibility index (Phi) is 3.47. The van der Waals surface area contributed by atoms with E-state index in [1.807, 2.05) is 19.1 Å². The summed E-state index contributed by atoms with van der Waals surface area (Å²) < 4.78 is 38.5. The van der Waals surface area contributed by atoms with Gasteiger partial charge in [-0.05, 0) is 48.1 Å². The molecule has 0 N–H and O–H groups in total. The molecule has 0 aromatic heterocycles. The molecule has 1 aromatic rings. The highest BCUT2D eigenvalue weighted by atomic mass is 19.4. The van der Waals surface area contributed by atoms with E-state index in [1.165, 1.54) is 6.07 Å². The van der Waals surface area contributed by atoms with Gasteiger partial charge in [-0.3, -0.25) is 4.99 Å². The number of hydrogen-bond donors (Lipinski definition) is 0. The zero-order valence-electron chi connectivity index (χ0n) is 11.7. The van der Waals surface area contributed by atoms with E-state index in [0.717, 1.165) is 23.8 Å². The van der Waals surface area contributed by atoms with E-state index in [-0.39, 0.29) is 0 Å². The molecule has 4 heteroatoms. The number of aliphatic imine (C=N–C) groups is 1. The standard InChI is InChI=1S/C17H16F3N/c1-2-11-9-13(17(18,19)20)6-7-14(11)16-15-10-12(15)5-3-4-8-21-16/h3-9,12,15H,2,10H2,1H3. The smallest absolute Gasteiger partial charge is 0.260 e. The molecule has 1 nitrogen and oxygen atoms in total. The van der Waals surface area contributed by atoms with Crippen molar-refractivity contribution < 1.29 is 13.2 Å². The zero-order chi connectivity index (χ0) is 15.0. The van der Waals surface area contributed by atoms with Crippen LogP contribution in [-0.4, -0.2) is 5.71 Å². The first-order valence-electron chi connectivity index (χ1n) is 7.12. The van der Waals surface area contributed by atoms with Crippen molar-refractivity contribution in [2.45, 2.75) is 25.9 Å². The molecule has 0 saturated heterocycles. The summed E-state index contributed by atoms with van der Waals surface area (Å²) in [5.74, 6) is 0.814. The SMILES string of the molecule is CCc1cc(C(F)(F)F)ccc1C1=NC=CC=CC2CC12. The lowest BCUT2D eigenvalue weighted by Gasteiger charge is -2.14. The van der Waals surface area contributed by atoms with Gasteiger partial charge < -0.3 is 0 Å². The lowest BCUT2D eigenvalue weighted by molar-refractivity contribution is -0.137. The van der Waals surface area contributed by atoms with Crippen LogP contribution in [0.4, 0.5) is 13.2 Å². The Morgan fingerprint density at radius 3 is 2.76 bits per heavy atom. The van der Waals surface area contributed by atoms with Crippen molar-refractivity contribution in [3.8, 4) is 0 Å². The Hall–Kier alpha value is -1.84. The first-order chi connectivity index (χ1) is 10.0. The summed E-state index contributed by atoms with van der Waals surface area (Å²) in [5, 5.41) is 0. The van der Waals surface area contributed by atoms with Crippen molar-refractivity contribution >= 4 is 5.71 Å². The number of hydrogen-bond acceptors (Lipinski definition) is 1. The number of fused-ring (bicyclic) bond motifs is 1. The Morgan fingerprint density at radius 2 is 2.05 bits per heavy atom. The van der Waals surface area contributed by atoms with Crippen molar-refractivity contribution in [3.05, 3.63) is 59.3 Å². The van der Waals surface area contributed by atoms with Gasteiger partial charge in [-0.15, -0.1) is 0 Å². The monoisotopic (exact) mass is 291 g/mol. The van der Waals surface area contributed by atoms with Crippen molar-refractivity contribution in [3.63, 3.8) is 0 Å². The quantitative estimate of drug-likeness (QED) is 0.744. The Balaban J connectivity index is 2.02. The topological polar surface area (TPSA) is 12.4 Å². The fourth-order valence-corrected chi connectivity index (χ4v) is 2.80. The third kappa shape index (κ3) is 2.80. The molecule has 1 heterocycles. The molecule has 2 unspecified atom stereocenters. The predicted molar refractivity (Wildman–Crippen MR) is 77.2 cm³/mol. The highest BCUT2D eigenvalue weighted by Gasteiger charge is 2.40. The number of nitrogens with zero attached hydrogens (tertiary/aromatic N) is 1. The van der Waals surface area contributed by atoms with Crippen LogP contribution in [0.25, 0.3) is 0 Å². The predicted octanol–water partition coefficient (Wildman–Crippen LogP) is 4.78. The summed E-state index contributed by atoms with van der Waals surface area (Å²) in [4.78, 5) is 4.48. The van der Waals surface area contributed by atoms with Crippen molar-refractivity contribution in [2.24, 2.45) is 16.8 Å². The molecule has 1 saturated carbocycles. The van der Waals surface area contributed by atoms with Gasteiger partial charge in [-0.2, -0.15) is 13.2 Å². The number of aryl methyl sites for hydroxylation is 1. The van der Waals surface area contributed by atoms with E-state index in [9.17, 15) is 13.2 Å². The van der Waals surface area contributed by atoms with E-state index < -0.39 is 11.7 Å². The molecule has 1 fully saturated rings. The maximum absolute atomic E-state index is 12.8. The van der Waals surface area contributed by atoms with Crippen LogP contribution in [0.5, 0.6) is 0 Å². The molecule has 21 heavy (non-hydrogen) atoms. The second-order valence-corrected chi connectivity index (χ2v) is 5.47. The largest absolute Gasteiger partial charge is 0.416 e. The third-order valence-electron chi connectivity index (χ3n) is 4.05. The molecule has 0 spiro atoms. The second kappa shape index (κ2) is 5.17. The van der Waals surface area contributed by atoms with Gasteiger partial charge in [0.1, 0.15) is 0 Å². The van der Waals surface area contributed by atoms with E-state index in [1.54, 1.807) is 12.3 Å². The van der Waals surface area contributed by atoms with E-state index in [2.05, 4.69) is 11.1 Å². The normalized spacial score (nSPS) is 24.1. The minimum Gasteiger partial charge on any atom is -0.260 e. The first-order valence-corrected chi connectivity index (χ1v) is 7.12. The van der Waals surface area contributed by atoms with Crippen LogP contribution in [-0.2, 0) is 12.6 Å². The lowest BCUT2D eigenvalue weighted by Crippen LogP contribution is -2.12. The maximum Gasteiger partial charge on any atom is 0.416 e. The van der Waals surface area contributed by atoms with Crippen molar-refractivity contribution in [1.82, 2.24) is 0 Å². The second-order valence-electron chi connectivity index (χ2n) is 5.47. The Labute approximate surface area is 121 Å². The molecular weight excluding hydrogens is 275 g/mol. The van der Waals surface area contributed by atoms with Gasteiger partial charge in [0.25, 0.3) is 0 Å². The lowest BCUT2D eigenvalue weighted by atomic mass is 9.95. The zero-order valence-corrected chi connectivity index (χ0v) is 11.7. The molecule has 1 aliphatic heterocycles. The fourth-order valence-electron chi connectivity index (χ4n) is 2.80. The fraction of sp³-hybridized carbons (Fsp3) is 0.353. The third-order valence-corrected chi connectivity index (χ3v) is 4.05. The Morgan fingerprint density at radius 1 is 1.24 bits per heavy atom. The molecule has 1 aromatic carbocycles. The summed E-state index contributed by atoms with van der Waals surface area (Å²) in [7, 11) is 0. The summed E-state index contributed by atoms with van der Waals surface area (Å²) in [6.45, 7) is 1.88. The van der Waals surface area contributed by atoms with Gasteiger partial charge in [-0.25, -0.2) is 0 Å². The number of halogens is 3. The van der Waals surface area contributed by atoms with Gasteiger partial charge in [0, 0.05) is 12.1 Å². The highest BCUT2D eigenvalue weighted by molar-refractivity contribution is 6.05. The molecule has 0 radical (unpaired) electrons.